The molecule has 0 spiro atoms. The fraction of sp³-hybridized carbons (Fsp3) is 0.958. The summed E-state index contributed by atoms with van der Waals surface area (Å²) < 4.78 is 0. The van der Waals surface area contributed by atoms with Crippen molar-refractivity contribution in [3.8, 4) is 0 Å². The SMILES string of the molecule is CCCCCCCCCCCCCCCCCC(=O)OOC(C)(C)CCC. The zero-order chi connectivity index (χ0) is 20.2. The summed E-state index contributed by atoms with van der Waals surface area (Å²) in [5.41, 5.74) is -0.376. The van der Waals surface area contributed by atoms with Crippen LogP contribution in [0, 0.1) is 0 Å². The molecule has 27 heavy (non-hydrogen) atoms. The van der Waals surface area contributed by atoms with Gasteiger partial charge in [0, 0.05) is 6.42 Å². The third kappa shape index (κ3) is 20.0. The minimum Gasteiger partial charge on any atom is -0.298 e. The maximum absolute atomic E-state index is 11.7. The van der Waals surface area contributed by atoms with Crippen LogP contribution in [0.4, 0.5) is 0 Å². The van der Waals surface area contributed by atoms with Crippen LogP contribution in [0.3, 0.4) is 0 Å². The number of rotatable bonds is 20. The first-order valence-electron chi connectivity index (χ1n) is 11.9. The molecule has 0 aromatic rings. The van der Waals surface area contributed by atoms with Crippen LogP contribution in [-0.2, 0) is 14.6 Å². The quantitative estimate of drug-likeness (QED) is 0.120. The number of carbonyl (C=O) groups is 1. The minimum atomic E-state index is -0.376. The first-order chi connectivity index (χ1) is 13.0. The van der Waals surface area contributed by atoms with Gasteiger partial charge in [0.05, 0.1) is 0 Å². The summed E-state index contributed by atoms with van der Waals surface area (Å²) >= 11 is 0. The lowest BCUT2D eigenvalue weighted by molar-refractivity contribution is -0.326. The standard InChI is InChI=1S/C24H48O3/c1-5-7-8-9-10-11-12-13-14-15-16-17-18-19-20-21-23(25)26-27-24(3,4)22-6-2/h5-22H2,1-4H3. The Labute approximate surface area is 169 Å². The second kappa shape index (κ2) is 18.8. The van der Waals surface area contributed by atoms with E-state index in [1.165, 1.54) is 83.5 Å². The van der Waals surface area contributed by atoms with Gasteiger partial charge >= 0.3 is 5.97 Å². The van der Waals surface area contributed by atoms with Crippen LogP contribution < -0.4 is 0 Å². The molecular formula is C24H48O3. The largest absolute Gasteiger partial charge is 0.342 e. The van der Waals surface area contributed by atoms with Crippen LogP contribution in [-0.4, -0.2) is 11.6 Å². The van der Waals surface area contributed by atoms with Gasteiger partial charge in [0.2, 0.25) is 0 Å². The molecule has 0 aliphatic carbocycles. The minimum absolute atomic E-state index is 0.228. The molecule has 0 aromatic heterocycles. The van der Waals surface area contributed by atoms with Gasteiger partial charge in [-0.15, -0.1) is 0 Å². The number of hydrogen-bond donors (Lipinski definition) is 0. The Morgan fingerprint density at radius 3 is 1.44 bits per heavy atom. The monoisotopic (exact) mass is 384 g/mol. The Morgan fingerprint density at radius 1 is 0.630 bits per heavy atom. The molecule has 0 unspecified atom stereocenters. The van der Waals surface area contributed by atoms with Gasteiger partial charge in [-0.3, -0.25) is 4.89 Å². The lowest BCUT2D eigenvalue weighted by Gasteiger charge is -2.21. The highest BCUT2D eigenvalue weighted by Crippen LogP contribution is 2.18. The summed E-state index contributed by atoms with van der Waals surface area (Å²) in [6.45, 7) is 8.29. The van der Waals surface area contributed by atoms with Gasteiger partial charge in [-0.25, -0.2) is 4.79 Å². The maximum atomic E-state index is 11.7. The van der Waals surface area contributed by atoms with E-state index < -0.39 is 0 Å². The summed E-state index contributed by atoms with van der Waals surface area (Å²) in [6.07, 6.45) is 22.4. The summed E-state index contributed by atoms with van der Waals surface area (Å²) in [4.78, 5) is 21.9. The highest BCUT2D eigenvalue weighted by atomic mass is 17.2. The van der Waals surface area contributed by atoms with Crippen molar-refractivity contribution in [2.75, 3.05) is 0 Å². The first kappa shape index (κ1) is 26.4. The molecule has 0 aliphatic heterocycles. The molecule has 0 aliphatic rings. The van der Waals surface area contributed by atoms with Crippen molar-refractivity contribution in [1.29, 1.82) is 0 Å². The molecule has 0 amide bonds. The van der Waals surface area contributed by atoms with Crippen molar-refractivity contribution in [3.63, 3.8) is 0 Å². The van der Waals surface area contributed by atoms with Crippen molar-refractivity contribution in [1.82, 2.24) is 0 Å². The Morgan fingerprint density at radius 2 is 1.04 bits per heavy atom. The summed E-state index contributed by atoms with van der Waals surface area (Å²) in [5.74, 6) is -0.228. The smallest absolute Gasteiger partial charge is 0.298 e. The zero-order valence-corrected chi connectivity index (χ0v) is 19.0. The van der Waals surface area contributed by atoms with Gasteiger partial charge in [-0.1, -0.05) is 110 Å². The lowest BCUT2D eigenvalue weighted by atomic mass is 10.0. The van der Waals surface area contributed by atoms with Crippen LogP contribution in [0.2, 0.25) is 0 Å². The van der Waals surface area contributed by atoms with E-state index in [4.69, 9.17) is 9.78 Å². The van der Waals surface area contributed by atoms with Crippen molar-refractivity contribution < 1.29 is 14.6 Å². The fourth-order valence-corrected chi connectivity index (χ4v) is 3.49. The molecule has 0 fully saturated rings. The van der Waals surface area contributed by atoms with Crippen molar-refractivity contribution in [3.05, 3.63) is 0 Å². The van der Waals surface area contributed by atoms with Crippen molar-refractivity contribution >= 4 is 5.97 Å². The topological polar surface area (TPSA) is 35.5 Å². The van der Waals surface area contributed by atoms with E-state index in [1.807, 2.05) is 13.8 Å². The Kier molecular flexibility index (Phi) is 18.4. The third-order valence-electron chi connectivity index (χ3n) is 5.20. The average molecular weight is 385 g/mol. The molecule has 3 nitrogen and oxygen atoms in total. The molecule has 0 rings (SSSR count). The van der Waals surface area contributed by atoms with Crippen LogP contribution in [0.15, 0.2) is 0 Å². The number of carbonyl (C=O) groups excluding carboxylic acids is 1. The Hall–Kier alpha value is -0.570. The summed E-state index contributed by atoms with van der Waals surface area (Å²) in [6, 6.07) is 0. The van der Waals surface area contributed by atoms with E-state index in [0.29, 0.717) is 6.42 Å². The summed E-state index contributed by atoms with van der Waals surface area (Å²) in [7, 11) is 0. The van der Waals surface area contributed by atoms with Crippen molar-refractivity contribution in [2.45, 2.75) is 149 Å². The maximum Gasteiger partial charge on any atom is 0.342 e. The second-order valence-electron chi connectivity index (χ2n) is 8.75. The average Bonchev–Trinajstić information content (AvgIpc) is 2.63. The van der Waals surface area contributed by atoms with E-state index in [1.54, 1.807) is 0 Å². The highest BCUT2D eigenvalue weighted by molar-refractivity contribution is 5.68. The molecule has 0 radical (unpaired) electrons. The van der Waals surface area contributed by atoms with Gasteiger partial charge in [-0.2, -0.15) is 4.89 Å². The van der Waals surface area contributed by atoms with E-state index >= 15 is 0 Å². The molecule has 0 heterocycles. The molecule has 162 valence electrons. The van der Waals surface area contributed by atoms with Gasteiger partial charge in [0.1, 0.15) is 5.60 Å². The number of hydrogen-bond acceptors (Lipinski definition) is 3. The molecule has 0 saturated heterocycles. The van der Waals surface area contributed by atoms with E-state index in [2.05, 4.69) is 13.8 Å². The lowest BCUT2D eigenvalue weighted by Crippen LogP contribution is -2.25. The molecule has 3 heteroatoms. The van der Waals surface area contributed by atoms with Crippen molar-refractivity contribution in [2.24, 2.45) is 0 Å². The molecule has 0 atom stereocenters. The first-order valence-corrected chi connectivity index (χ1v) is 11.9. The van der Waals surface area contributed by atoms with Gasteiger partial charge < -0.3 is 0 Å². The zero-order valence-electron chi connectivity index (χ0n) is 19.0. The third-order valence-corrected chi connectivity index (χ3v) is 5.20. The van der Waals surface area contributed by atoms with Gasteiger partial charge in [0.15, 0.2) is 0 Å². The van der Waals surface area contributed by atoms with Crippen LogP contribution in [0.5, 0.6) is 0 Å². The number of unbranched alkanes of at least 4 members (excludes halogenated alkanes) is 14. The Bertz CT molecular complexity index is 326. The summed E-state index contributed by atoms with van der Waals surface area (Å²) in [5, 5.41) is 0. The highest BCUT2D eigenvalue weighted by Gasteiger charge is 2.20. The predicted molar refractivity (Wildman–Crippen MR) is 116 cm³/mol. The van der Waals surface area contributed by atoms with E-state index in [9.17, 15) is 4.79 Å². The van der Waals surface area contributed by atoms with E-state index in [0.717, 1.165) is 25.7 Å². The molecular weight excluding hydrogens is 336 g/mol. The Balaban J connectivity index is 3.25. The molecule has 0 aromatic carbocycles. The normalized spacial score (nSPS) is 11.7. The van der Waals surface area contributed by atoms with Gasteiger partial charge in [-0.05, 0) is 26.7 Å². The molecule has 0 N–H and O–H groups in total. The van der Waals surface area contributed by atoms with E-state index in [-0.39, 0.29) is 11.6 Å². The van der Waals surface area contributed by atoms with Crippen LogP contribution in [0.1, 0.15) is 143 Å². The van der Waals surface area contributed by atoms with Gasteiger partial charge in [0.25, 0.3) is 0 Å². The van der Waals surface area contributed by atoms with Crippen LogP contribution in [0.25, 0.3) is 0 Å². The van der Waals surface area contributed by atoms with Crippen LogP contribution >= 0.6 is 0 Å². The molecule has 0 bridgehead atoms. The second-order valence-corrected chi connectivity index (χ2v) is 8.75. The molecule has 0 saturated carbocycles. The fourth-order valence-electron chi connectivity index (χ4n) is 3.49. The predicted octanol–water partition coefficient (Wildman–Crippen LogP) is 8.30.